The first-order chi connectivity index (χ1) is 13.6. The molecule has 1 aliphatic carbocycles. The van der Waals surface area contributed by atoms with E-state index in [9.17, 15) is 4.79 Å². The maximum Gasteiger partial charge on any atom is 0.252 e. The summed E-state index contributed by atoms with van der Waals surface area (Å²) < 4.78 is 5.58. The predicted octanol–water partition coefficient (Wildman–Crippen LogP) is 3.84. The maximum atomic E-state index is 12.2. The fourth-order valence-electron chi connectivity index (χ4n) is 3.66. The van der Waals surface area contributed by atoms with E-state index < -0.39 is 0 Å². The predicted molar refractivity (Wildman–Crippen MR) is 131 cm³/mol. The number of benzene rings is 1. The number of carbonyl (C=O) groups is 1. The lowest BCUT2D eigenvalue weighted by Crippen LogP contribution is -2.45. The highest BCUT2D eigenvalue weighted by atomic mass is 127. The van der Waals surface area contributed by atoms with Crippen molar-refractivity contribution in [3.8, 4) is 0 Å². The minimum Gasteiger partial charge on any atom is -0.382 e. The van der Waals surface area contributed by atoms with Crippen molar-refractivity contribution in [2.45, 2.75) is 39.0 Å². The third kappa shape index (κ3) is 8.68. The van der Waals surface area contributed by atoms with Crippen molar-refractivity contribution in [3.05, 3.63) is 34.9 Å². The van der Waals surface area contributed by atoms with Crippen LogP contribution in [0.2, 0.25) is 5.02 Å². The number of ether oxygens (including phenoxy) is 1. The Balaban J connectivity index is 0.00000420. The van der Waals surface area contributed by atoms with E-state index in [-0.39, 0.29) is 29.9 Å². The minimum atomic E-state index is -0.170. The van der Waals surface area contributed by atoms with Gasteiger partial charge in [0.1, 0.15) is 0 Å². The lowest BCUT2D eigenvalue weighted by Gasteiger charge is -2.30. The Morgan fingerprint density at radius 3 is 2.52 bits per heavy atom. The molecule has 1 aliphatic rings. The molecule has 6 nitrogen and oxygen atoms in total. The van der Waals surface area contributed by atoms with Crippen LogP contribution in [0.5, 0.6) is 0 Å². The Kier molecular flexibility index (Phi) is 12.6. The number of guanidine groups is 1. The topological polar surface area (TPSA) is 74.8 Å². The number of hydrogen-bond acceptors (Lipinski definition) is 3. The van der Waals surface area contributed by atoms with Crippen molar-refractivity contribution < 1.29 is 9.53 Å². The number of rotatable bonds is 10. The van der Waals surface area contributed by atoms with E-state index >= 15 is 0 Å². The van der Waals surface area contributed by atoms with Gasteiger partial charge in [0.15, 0.2) is 5.96 Å². The van der Waals surface area contributed by atoms with Crippen LogP contribution in [-0.2, 0) is 4.74 Å². The van der Waals surface area contributed by atoms with Crippen molar-refractivity contribution in [1.29, 1.82) is 0 Å². The zero-order valence-electron chi connectivity index (χ0n) is 17.4. The molecule has 2 rings (SSSR count). The first-order valence-corrected chi connectivity index (χ1v) is 10.5. The molecule has 1 aromatic rings. The van der Waals surface area contributed by atoms with Gasteiger partial charge in [0.2, 0.25) is 0 Å². The molecule has 164 valence electrons. The van der Waals surface area contributed by atoms with Crippen LogP contribution in [0.3, 0.4) is 0 Å². The Morgan fingerprint density at radius 1 is 1.17 bits per heavy atom. The van der Waals surface area contributed by atoms with Crippen molar-refractivity contribution in [3.63, 3.8) is 0 Å². The third-order valence-corrected chi connectivity index (χ3v) is 5.65. The molecule has 0 aromatic heterocycles. The summed E-state index contributed by atoms with van der Waals surface area (Å²) in [6, 6.07) is 7.04. The molecule has 0 spiro atoms. The van der Waals surface area contributed by atoms with E-state index in [0.717, 1.165) is 32.1 Å². The molecule has 0 bridgehead atoms. The Hall–Kier alpha value is -1.06. The van der Waals surface area contributed by atoms with Gasteiger partial charge >= 0.3 is 0 Å². The molecule has 8 heteroatoms. The van der Waals surface area contributed by atoms with E-state index in [1.807, 2.05) is 13.0 Å². The molecule has 0 atom stereocenters. The summed E-state index contributed by atoms with van der Waals surface area (Å²) in [5.74, 6) is 0.589. The van der Waals surface area contributed by atoms with Crippen LogP contribution in [0.4, 0.5) is 0 Å². The normalized spacial score (nSPS) is 15.5. The van der Waals surface area contributed by atoms with E-state index in [1.54, 1.807) is 25.2 Å². The number of nitrogens with zero attached hydrogens (tertiary/aromatic N) is 1. The van der Waals surface area contributed by atoms with Crippen molar-refractivity contribution in [2.24, 2.45) is 10.4 Å². The summed E-state index contributed by atoms with van der Waals surface area (Å²) in [6.45, 7) is 5.59. The Labute approximate surface area is 196 Å². The molecule has 0 saturated heterocycles. The number of carbonyl (C=O) groups excluding carboxylic acids is 1. The highest BCUT2D eigenvalue weighted by Gasteiger charge is 2.33. The number of amides is 1. The molecule has 1 aromatic carbocycles. The van der Waals surface area contributed by atoms with Gasteiger partial charge in [0.05, 0.1) is 10.6 Å². The summed E-state index contributed by atoms with van der Waals surface area (Å²) in [7, 11) is 1.76. The van der Waals surface area contributed by atoms with Crippen LogP contribution in [0.25, 0.3) is 0 Å². The second-order valence-electron chi connectivity index (χ2n) is 7.24. The van der Waals surface area contributed by atoms with Gasteiger partial charge in [-0.3, -0.25) is 9.79 Å². The molecule has 0 heterocycles. The molecule has 1 amide bonds. The second kappa shape index (κ2) is 14.0. The van der Waals surface area contributed by atoms with Crippen molar-refractivity contribution in [1.82, 2.24) is 16.0 Å². The fourth-order valence-corrected chi connectivity index (χ4v) is 3.88. The summed E-state index contributed by atoms with van der Waals surface area (Å²) in [5.41, 5.74) is 0.787. The van der Waals surface area contributed by atoms with Crippen LogP contribution in [0, 0.1) is 5.41 Å². The SMILES string of the molecule is CCOCCC1(CNC(=NC)NCCNC(=O)c2ccccc2Cl)CCCC1.I. The van der Waals surface area contributed by atoms with Gasteiger partial charge in [-0.05, 0) is 43.7 Å². The van der Waals surface area contributed by atoms with Crippen LogP contribution in [0.1, 0.15) is 49.4 Å². The van der Waals surface area contributed by atoms with E-state index in [4.69, 9.17) is 16.3 Å². The van der Waals surface area contributed by atoms with Gasteiger partial charge in [-0.2, -0.15) is 0 Å². The summed E-state index contributed by atoms with van der Waals surface area (Å²) in [5, 5.41) is 10.0. The molecular formula is C21H34ClIN4O2. The van der Waals surface area contributed by atoms with Crippen LogP contribution < -0.4 is 16.0 Å². The average Bonchev–Trinajstić information content (AvgIpc) is 3.17. The van der Waals surface area contributed by atoms with Gasteiger partial charge < -0.3 is 20.7 Å². The lowest BCUT2D eigenvalue weighted by molar-refractivity contribution is 0.0954. The van der Waals surface area contributed by atoms with Crippen LogP contribution >= 0.6 is 35.6 Å². The van der Waals surface area contributed by atoms with Gasteiger partial charge in [0.25, 0.3) is 5.91 Å². The largest absolute Gasteiger partial charge is 0.382 e. The Morgan fingerprint density at radius 2 is 1.86 bits per heavy atom. The number of nitrogens with one attached hydrogen (secondary N) is 3. The van der Waals surface area contributed by atoms with Crippen LogP contribution in [-0.4, -0.2) is 51.8 Å². The van der Waals surface area contributed by atoms with Gasteiger partial charge in [-0.15, -0.1) is 24.0 Å². The number of hydrogen-bond donors (Lipinski definition) is 3. The molecule has 1 saturated carbocycles. The van der Waals surface area contributed by atoms with E-state index in [1.165, 1.54) is 25.7 Å². The summed E-state index contributed by atoms with van der Waals surface area (Å²) >= 11 is 6.05. The molecule has 3 N–H and O–H groups in total. The third-order valence-electron chi connectivity index (χ3n) is 5.32. The monoisotopic (exact) mass is 536 g/mol. The number of halogens is 2. The number of aliphatic imine (C=N–C) groups is 1. The smallest absolute Gasteiger partial charge is 0.252 e. The van der Waals surface area contributed by atoms with E-state index in [2.05, 4.69) is 20.9 Å². The van der Waals surface area contributed by atoms with Gasteiger partial charge in [0, 0.05) is 39.9 Å². The zero-order valence-corrected chi connectivity index (χ0v) is 20.5. The molecule has 1 fully saturated rings. The molecular weight excluding hydrogens is 503 g/mol. The molecule has 29 heavy (non-hydrogen) atoms. The van der Waals surface area contributed by atoms with Gasteiger partial charge in [-0.1, -0.05) is 36.6 Å². The highest BCUT2D eigenvalue weighted by Crippen LogP contribution is 2.40. The quantitative estimate of drug-likeness (QED) is 0.184. The summed E-state index contributed by atoms with van der Waals surface area (Å²) in [6.07, 6.45) is 6.12. The summed E-state index contributed by atoms with van der Waals surface area (Å²) in [4.78, 5) is 16.5. The van der Waals surface area contributed by atoms with Crippen molar-refractivity contribution >= 4 is 47.4 Å². The first-order valence-electron chi connectivity index (χ1n) is 10.2. The van der Waals surface area contributed by atoms with E-state index in [0.29, 0.717) is 29.1 Å². The lowest BCUT2D eigenvalue weighted by atomic mass is 9.83. The molecule has 0 unspecified atom stereocenters. The Bertz CT molecular complexity index is 651. The minimum absolute atomic E-state index is 0. The average molecular weight is 537 g/mol. The standard InChI is InChI=1S/C21H33ClN4O2.HI/c1-3-28-15-12-21(10-6-7-11-21)16-26-20(23-2)25-14-13-24-19(27)17-8-4-5-9-18(17)22;/h4-5,8-9H,3,6-7,10-16H2,1-2H3,(H,24,27)(H2,23,25,26);1H. The second-order valence-corrected chi connectivity index (χ2v) is 7.65. The van der Waals surface area contributed by atoms with Crippen LogP contribution in [0.15, 0.2) is 29.3 Å². The molecule has 0 radical (unpaired) electrons. The highest BCUT2D eigenvalue weighted by molar-refractivity contribution is 14.0. The fraction of sp³-hybridized carbons (Fsp3) is 0.619. The molecule has 0 aliphatic heterocycles. The maximum absolute atomic E-state index is 12.2. The van der Waals surface area contributed by atoms with Crippen molar-refractivity contribution in [2.75, 3.05) is 39.9 Å². The first kappa shape index (κ1) is 26.0. The zero-order chi connectivity index (χ0) is 20.2. The van der Waals surface area contributed by atoms with Gasteiger partial charge in [-0.25, -0.2) is 0 Å².